The number of hydrogen-bond donors (Lipinski definition) is 0. The molecule has 14 heavy (non-hydrogen) atoms. The number of nitrogens with zero attached hydrogens (tertiary/aromatic N) is 1. The lowest BCUT2D eigenvalue weighted by Crippen LogP contribution is -2.06. The largest absolute Gasteiger partial charge is 0.491 e. The summed E-state index contributed by atoms with van der Waals surface area (Å²) in [5.74, 6) is 1.16. The van der Waals surface area contributed by atoms with E-state index in [0.717, 1.165) is 5.56 Å². The third-order valence-corrected chi connectivity index (χ3v) is 1.70. The van der Waals surface area contributed by atoms with Gasteiger partial charge < -0.3 is 14.2 Å². The summed E-state index contributed by atoms with van der Waals surface area (Å²) in [7, 11) is 3.22. The van der Waals surface area contributed by atoms with Gasteiger partial charge in [0.1, 0.15) is 6.61 Å². The third kappa shape index (κ3) is 2.88. The molecular weight excluding hydrogens is 182 g/mol. The number of aromatic nitrogens is 1. The summed E-state index contributed by atoms with van der Waals surface area (Å²) >= 11 is 0. The minimum absolute atomic E-state index is 0.475. The normalized spacial score (nSPS) is 9.93. The van der Waals surface area contributed by atoms with Gasteiger partial charge in [-0.1, -0.05) is 0 Å². The minimum atomic E-state index is 0.475. The van der Waals surface area contributed by atoms with Crippen LogP contribution < -0.4 is 9.47 Å². The van der Waals surface area contributed by atoms with Gasteiger partial charge in [0, 0.05) is 13.3 Å². The Bertz CT molecular complexity index is 289. The van der Waals surface area contributed by atoms with Crippen LogP contribution in [0.5, 0.6) is 11.6 Å². The zero-order valence-electron chi connectivity index (χ0n) is 8.74. The fourth-order valence-electron chi connectivity index (χ4n) is 1.01. The first kappa shape index (κ1) is 10.8. The Hall–Kier alpha value is -1.29. The molecule has 1 aromatic heterocycles. The van der Waals surface area contributed by atoms with Crippen LogP contribution in [0.3, 0.4) is 0 Å². The zero-order valence-corrected chi connectivity index (χ0v) is 8.74. The van der Waals surface area contributed by atoms with Gasteiger partial charge in [0.25, 0.3) is 5.88 Å². The number of rotatable bonds is 5. The highest BCUT2D eigenvalue weighted by Gasteiger charge is 2.05. The van der Waals surface area contributed by atoms with Crippen LogP contribution in [0, 0.1) is 6.92 Å². The average Bonchev–Trinajstić information content (AvgIpc) is 2.20. The maximum Gasteiger partial charge on any atom is 0.257 e. The smallest absolute Gasteiger partial charge is 0.257 e. The molecule has 1 heterocycles. The monoisotopic (exact) mass is 197 g/mol. The maximum absolute atomic E-state index is 5.36. The Labute approximate surface area is 83.8 Å². The summed E-state index contributed by atoms with van der Waals surface area (Å²) in [4.78, 5) is 4.12. The SMILES string of the molecule is COCCOc1ncc(C)cc1OC. The molecule has 0 aliphatic carbocycles. The Balaban J connectivity index is 2.65. The van der Waals surface area contributed by atoms with E-state index >= 15 is 0 Å². The van der Waals surface area contributed by atoms with Crippen molar-refractivity contribution >= 4 is 0 Å². The van der Waals surface area contributed by atoms with Crippen molar-refractivity contribution in [1.82, 2.24) is 4.98 Å². The van der Waals surface area contributed by atoms with Gasteiger partial charge in [0.2, 0.25) is 0 Å². The highest BCUT2D eigenvalue weighted by molar-refractivity contribution is 5.35. The van der Waals surface area contributed by atoms with Crippen molar-refractivity contribution < 1.29 is 14.2 Å². The summed E-state index contributed by atoms with van der Waals surface area (Å²) in [6, 6.07) is 1.88. The molecule has 0 aliphatic heterocycles. The van der Waals surface area contributed by atoms with Crippen LogP contribution in [0.1, 0.15) is 5.56 Å². The lowest BCUT2D eigenvalue weighted by atomic mass is 10.3. The topological polar surface area (TPSA) is 40.6 Å². The van der Waals surface area contributed by atoms with Gasteiger partial charge in [-0.25, -0.2) is 4.98 Å². The van der Waals surface area contributed by atoms with Crippen LogP contribution in [0.4, 0.5) is 0 Å². The van der Waals surface area contributed by atoms with Crippen molar-refractivity contribution in [1.29, 1.82) is 0 Å². The van der Waals surface area contributed by atoms with E-state index in [1.54, 1.807) is 20.4 Å². The Morgan fingerprint density at radius 2 is 2.07 bits per heavy atom. The standard InChI is InChI=1S/C10H15NO3/c1-8-6-9(13-3)10(11-7-8)14-5-4-12-2/h6-7H,4-5H2,1-3H3. The van der Waals surface area contributed by atoms with Crippen molar-refractivity contribution in [2.24, 2.45) is 0 Å². The number of hydrogen-bond acceptors (Lipinski definition) is 4. The molecule has 0 unspecified atom stereocenters. The summed E-state index contributed by atoms with van der Waals surface area (Å²) in [5, 5.41) is 0. The average molecular weight is 197 g/mol. The van der Waals surface area contributed by atoms with Crippen molar-refractivity contribution in [2.75, 3.05) is 27.4 Å². The van der Waals surface area contributed by atoms with Gasteiger partial charge in [-0.05, 0) is 18.6 Å². The molecule has 0 aromatic carbocycles. The summed E-state index contributed by atoms with van der Waals surface area (Å²) in [5.41, 5.74) is 1.04. The van der Waals surface area contributed by atoms with Crippen molar-refractivity contribution in [3.8, 4) is 11.6 Å². The fourth-order valence-corrected chi connectivity index (χ4v) is 1.01. The van der Waals surface area contributed by atoms with Crippen molar-refractivity contribution in [3.63, 3.8) is 0 Å². The predicted molar refractivity (Wildman–Crippen MR) is 52.9 cm³/mol. The first-order valence-electron chi connectivity index (χ1n) is 4.40. The number of pyridine rings is 1. The Kier molecular flexibility index (Phi) is 4.19. The third-order valence-electron chi connectivity index (χ3n) is 1.70. The first-order valence-corrected chi connectivity index (χ1v) is 4.40. The minimum Gasteiger partial charge on any atom is -0.491 e. The number of aryl methyl sites for hydroxylation is 1. The van der Waals surface area contributed by atoms with E-state index < -0.39 is 0 Å². The van der Waals surface area contributed by atoms with Gasteiger partial charge in [0.05, 0.1) is 13.7 Å². The van der Waals surface area contributed by atoms with Crippen LogP contribution >= 0.6 is 0 Å². The summed E-state index contributed by atoms with van der Waals surface area (Å²) in [6.45, 7) is 2.97. The number of ether oxygens (including phenoxy) is 3. The highest BCUT2D eigenvalue weighted by Crippen LogP contribution is 2.24. The van der Waals surface area contributed by atoms with Crippen molar-refractivity contribution in [2.45, 2.75) is 6.92 Å². The lowest BCUT2D eigenvalue weighted by Gasteiger charge is -2.09. The van der Waals surface area contributed by atoms with Crippen LogP contribution in [0.15, 0.2) is 12.3 Å². The summed E-state index contributed by atoms with van der Waals surface area (Å²) in [6.07, 6.45) is 1.74. The molecule has 0 saturated carbocycles. The van der Waals surface area contributed by atoms with E-state index in [4.69, 9.17) is 14.2 Å². The maximum atomic E-state index is 5.36. The molecule has 1 rings (SSSR count). The van der Waals surface area contributed by atoms with Crippen LogP contribution in [0.25, 0.3) is 0 Å². The molecule has 78 valence electrons. The van der Waals surface area contributed by atoms with Crippen molar-refractivity contribution in [3.05, 3.63) is 17.8 Å². The fraction of sp³-hybridized carbons (Fsp3) is 0.500. The van der Waals surface area contributed by atoms with E-state index in [1.165, 1.54) is 0 Å². The molecule has 0 atom stereocenters. The molecule has 0 spiro atoms. The predicted octanol–water partition coefficient (Wildman–Crippen LogP) is 1.42. The van der Waals surface area contributed by atoms with Gasteiger partial charge >= 0.3 is 0 Å². The van der Waals surface area contributed by atoms with Gasteiger partial charge in [-0.15, -0.1) is 0 Å². The van der Waals surface area contributed by atoms with Crippen LogP contribution in [-0.4, -0.2) is 32.4 Å². The molecule has 1 aromatic rings. The van der Waals surface area contributed by atoms with E-state index in [9.17, 15) is 0 Å². The first-order chi connectivity index (χ1) is 6.77. The molecule has 0 fully saturated rings. The van der Waals surface area contributed by atoms with Crippen LogP contribution in [0.2, 0.25) is 0 Å². The molecule has 4 heteroatoms. The van der Waals surface area contributed by atoms with Gasteiger partial charge in [0.15, 0.2) is 5.75 Å². The van der Waals surface area contributed by atoms with E-state index in [-0.39, 0.29) is 0 Å². The molecular formula is C10H15NO3. The van der Waals surface area contributed by atoms with Gasteiger partial charge in [-0.3, -0.25) is 0 Å². The Morgan fingerprint density at radius 1 is 1.29 bits per heavy atom. The Morgan fingerprint density at radius 3 is 2.71 bits per heavy atom. The molecule has 4 nitrogen and oxygen atoms in total. The second-order valence-corrected chi connectivity index (χ2v) is 2.86. The molecule has 0 N–H and O–H groups in total. The molecule has 0 aliphatic rings. The van der Waals surface area contributed by atoms with E-state index in [2.05, 4.69) is 4.98 Å². The van der Waals surface area contributed by atoms with Crippen LogP contribution in [-0.2, 0) is 4.74 Å². The summed E-state index contributed by atoms with van der Waals surface area (Å²) < 4.78 is 15.4. The molecule has 0 bridgehead atoms. The quantitative estimate of drug-likeness (QED) is 0.669. The molecule has 0 radical (unpaired) electrons. The zero-order chi connectivity index (χ0) is 10.4. The second-order valence-electron chi connectivity index (χ2n) is 2.86. The molecule has 0 saturated heterocycles. The van der Waals surface area contributed by atoms with Gasteiger partial charge in [-0.2, -0.15) is 0 Å². The molecule has 0 amide bonds. The lowest BCUT2D eigenvalue weighted by molar-refractivity contribution is 0.141. The number of methoxy groups -OCH3 is 2. The highest BCUT2D eigenvalue weighted by atomic mass is 16.5. The second kappa shape index (κ2) is 5.44. The van der Waals surface area contributed by atoms with E-state index in [0.29, 0.717) is 24.8 Å². The van der Waals surface area contributed by atoms with E-state index in [1.807, 2.05) is 13.0 Å².